The summed E-state index contributed by atoms with van der Waals surface area (Å²) in [5, 5.41) is 3.92. The Morgan fingerprint density at radius 2 is 2.06 bits per heavy atom. The third-order valence-corrected chi connectivity index (χ3v) is 2.85. The molecule has 0 amide bonds. The molecule has 0 bridgehead atoms. The van der Waals surface area contributed by atoms with Gasteiger partial charge in [0.2, 0.25) is 0 Å². The molecule has 100 valence electrons. The van der Waals surface area contributed by atoms with Gasteiger partial charge in [0, 0.05) is 11.1 Å². The summed E-state index contributed by atoms with van der Waals surface area (Å²) < 4.78 is 5.44. The number of ether oxygens (including phenoxy) is 1. The molecule has 2 nitrogen and oxygen atoms in total. The first-order chi connectivity index (χ1) is 8.61. The van der Waals surface area contributed by atoms with Crippen molar-refractivity contribution in [2.75, 3.05) is 13.2 Å². The first-order valence-electron chi connectivity index (χ1n) is 6.40. The van der Waals surface area contributed by atoms with E-state index in [2.05, 4.69) is 37.9 Å². The number of hydrogen-bond acceptors (Lipinski definition) is 2. The van der Waals surface area contributed by atoms with Crippen LogP contribution in [-0.2, 0) is 6.42 Å². The van der Waals surface area contributed by atoms with Gasteiger partial charge in [0.25, 0.3) is 0 Å². The highest BCUT2D eigenvalue weighted by Gasteiger charge is 2.01. The van der Waals surface area contributed by atoms with Crippen molar-refractivity contribution < 1.29 is 4.74 Å². The van der Waals surface area contributed by atoms with Gasteiger partial charge < -0.3 is 10.1 Å². The Labute approximate surface area is 115 Å². The number of aryl methyl sites for hydroxylation is 1. The first-order valence-corrected chi connectivity index (χ1v) is 6.78. The van der Waals surface area contributed by atoms with Crippen molar-refractivity contribution in [3.63, 3.8) is 0 Å². The molecule has 0 aromatic heterocycles. The second-order valence-corrected chi connectivity index (χ2v) is 4.98. The number of rotatable bonds is 8. The van der Waals surface area contributed by atoms with Gasteiger partial charge in [-0.15, -0.1) is 0 Å². The lowest BCUT2D eigenvalue weighted by Crippen LogP contribution is -2.25. The SMILES string of the molecule is C=C(Cl)COc1ccc(CCC(C)NCC)cc1. The standard InChI is InChI=1S/C15H22ClNO/c1-4-17-13(3)5-6-14-7-9-15(10-8-14)18-11-12(2)16/h7-10,13,17H,2,4-6,11H2,1,3H3. The van der Waals surface area contributed by atoms with E-state index in [0.29, 0.717) is 17.7 Å². The summed E-state index contributed by atoms with van der Waals surface area (Å²) in [5.74, 6) is 0.834. The van der Waals surface area contributed by atoms with Crippen LogP contribution in [0, 0.1) is 0 Å². The van der Waals surface area contributed by atoms with Crippen molar-refractivity contribution in [1.29, 1.82) is 0 Å². The van der Waals surface area contributed by atoms with Crippen LogP contribution in [0.1, 0.15) is 25.8 Å². The van der Waals surface area contributed by atoms with Crippen LogP contribution in [0.5, 0.6) is 5.75 Å². The van der Waals surface area contributed by atoms with Gasteiger partial charge in [-0.05, 0) is 44.0 Å². The second kappa shape index (κ2) is 8.17. The summed E-state index contributed by atoms with van der Waals surface area (Å²) in [4.78, 5) is 0. The molecule has 1 rings (SSSR count). The van der Waals surface area contributed by atoms with E-state index in [-0.39, 0.29) is 0 Å². The Kier molecular flexibility index (Phi) is 6.84. The molecule has 1 aromatic carbocycles. The van der Waals surface area contributed by atoms with Gasteiger partial charge in [0.15, 0.2) is 0 Å². The van der Waals surface area contributed by atoms with Gasteiger partial charge >= 0.3 is 0 Å². The van der Waals surface area contributed by atoms with Crippen LogP contribution >= 0.6 is 11.6 Å². The van der Waals surface area contributed by atoms with Crippen LogP contribution in [0.25, 0.3) is 0 Å². The first kappa shape index (κ1) is 15.1. The predicted octanol–water partition coefficient (Wildman–Crippen LogP) is 3.75. The molecule has 1 atom stereocenters. The van der Waals surface area contributed by atoms with Gasteiger partial charge in [0.05, 0.1) is 0 Å². The molecule has 3 heteroatoms. The minimum atomic E-state index is 0.359. The number of nitrogens with one attached hydrogen (secondary N) is 1. The molecule has 0 spiro atoms. The number of halogens is 1. The summed E-state index contributed by atoms with van der Waals surface area (Å²) in [6.45, 7) is 9.32. The van der Waals surface area contributed by atoms with Crippen LogP contribution < -0.4 is 10.1 Å². The monoisotopic (exact) mass is 267 g/mol. The Balaban J connectivity index is 2.38. The molecule has 1 unspecified atom stereocenters. The Morgan fingerprint density at radius 1 is 1.39 bits per heavy atom. The molecule has 1 N–H and O–H groups in total. The van der Waals surface area contributed by atoms with Crippen molar-refractivity contribution in [2.45, 2.75) is 32.7 Å². The Morgan fingerprint density at radius 3 is 2.61 bits per heavy atom. The minimum absolute atomic E-state index is 0.359. The molecular weight excluding hydrogens is 246 g/mol. The summed E-state index contributed by atoms with van der Waals surface area (Å²) >= 11 is 5.65. The largest absolute Gasteiger partial charge is 0.488 e. The quantitative estimate of drug-likeness (QED) is 0.775. The third-order valence-electron chi connectivity index (χ3n) is 2.74. The summed E-state index contributed by atoms with van der Waals surface area (Å²) in [7, 11) is 0. The maximum absolute atomic E-state index is 5.65. The molecular formula is C15H22ClNO. The molecule has 0 saturated heterocycles. The van der Waals surface area contributed by atoms with Crippen LogP contribution in [0.3, 0.4) is 0 Å². The summed E-state index contributed by atoms with van der Waals surface area (Å²) in [6.07, 6.45) is 2.23. The zero-order valence-corrected chi connectivity index (χ0v) is 12.0. The van der Waals surface area contributed by atoms with Crippen molar-refractivity contribution in [2.24, 2.45) is 0 Å². The lowest BCUT2D eigenvalue weighted by atomic mass is 10.1. The molecule has 0 saturated carbocycles. The predicted molar refractivity (Wildman–Crippen MR) is 78.4 cm³/mol. The van der Waals surface area contributed by atoms with Crippen LogP contribution in [0.15, 0.2) is 35.9 Å². The number of benzene rings is 1. The zero-order chi connectivity index (χ0) is 13.4. The van der Waals surface area contributed by atoms with E-state index in [1.165, 1.54) is 5.56 Å². The lowest BCUT2D eigenvalue weighted by molar-refractivity contribution is 0.359. The molecule has 0 heterocycles. The van der Waals surface area contributed by atoms with Gasteiger partial charge in [-0.2, -0.15) is 0 Å². The van der Waals surface area contributed by atoms with E-state index in [0.717, 1.165) is 25.1 Å². The van der Waals surface area contributed by atoms with E-state index >= 15 is 0 Å². The second-order valence-electron chi connectivity index (χ2n) is 4.45. The van der Waals surface area contributed by atoms with Gasteiger partial charge in [-0.3, -0.25) is 0 Å². The Bertz CT molecular complexity index is 361. The molecule has 0 aliphatic rings. The van der Waals surface area contributed by atoms with Gasteiger partial charge in [-0.25, -0.2) is 0 Å². The summed E-state index contributed by atoms with van der Waals surface area (Å²) in [6, 6.07) is 8.72. The van der Waals surface area contributed by atoms with Crippen molar-refractivity contribution in [1.82, 2.24) is 5.32 Å². The minimum Gasteiger partial charge on any atom is -0.488 e. The maximum Gasteiger partial charge on any atom is 0.123 e. The van der Waals surface area contributed by atoms with Crippen LogP contribution in [0.2, 0.25) is 0 Å². The topological polar surface area (TPSA) is 21.3 Å². The van der Waals surface area contributed by atoms with E-state index in [9.17, 15) is 0 Å². The normalized spacial score (nSPS) is 12.2. The highest BCUT2D eigenvalue weighted by atomic mass is 35.5. The fourth-order valence-electron chi connectivity index (χ4n) is 1.75. The fourth-order valence-corrected chi connectivity index (χ4v) is 1.80. The van der Waals surface area contributed by atoms with E-state index in [1.54, 1.807) is 0 Å². The smallest absolute Gasteiger partial charge is 0.123 e. The average molecular weight is 268 g/mol. The molecule has 0 fully saturated rings. The molecule has 1 aromatic rings. The molecule has 18 heavy (non-hydrogen) atoms. The van der Waals surface area contributed by atoms with Gasteiger partial charge in [0.1, 0.15) is 12.4 Å². The van der Waals surface area contributed by atoms with Crippen LogP contribution in [0.4, 0.5) is 0 Å². The van der Waals surface area contributed by atoms with E-state index in [4.69, 9.17) is 16.3 Å². The number of hydrogen-bond donors (Lipinski definition) is 1. The van der Waals surface area contributed by atoms with Crippen molar-refractivity contribution in [3.05, 3.63) is 41.4 Å². The highest BCUT2D eigenvalue weighted by Crippen LogP contribution is 2.15. The van der Waals surface area contributed by atoms with Crippen molar-refractivity contribution in [3.8, 4) is 5.75 Å². The van der Waals surface area contributed by atoms with E-state index < -0.39 is 0 Å². The van der Waals surface area contributed by atoms with Crippen molar-refractivity contribution >= 4 is 11.6 Å². The maximum atomic E-state index is 5.65. The summed E-state index contributed by atoms with van der Waals surface area (Å²) in [5.41, 5.74) is 1.33. The zero-order valence-electron chi connectivity index (χ0n) is 11.2. The molecule has 0 aliphatic carbocycles. The third kappa shape index (κ3) is 6.08. The van der Waals surface area contributed by atoms with Gasteiger partial charge in [-0.1, -0.05) is 37.2 Å². The highest BCUT2D eigenvalue weighted by molar-refractivity contribution is 6.29. The lowest BCUT2D eigenvalue weighted by Gasteiger charge is -2.12. The Hall–Kier alpha value is -0.990. The fraction of sp³-hybridized carbons (Fsp3) is 0.467. The molecule has 0 aliphatic heterocycles. The van der Waals surface area contributed by atoms with E-state index in [1.807, 2.05) is 12.1 Å². The van der Waals surface area contributed by atoms with Crippen LogP contribution in [-0.4, -0.2) is 19.2 Å². The molecule has 0 radical (unpaired) electrons. The average Bonchev–Trinajstić information content (AvgIpc) is 2.35.